The summed E-state index contributed by atoms with van der Waals surface area (Å²) < 4.78 is 53.3. The van der Waals surface area contributed by atoms with Crippen molar-refractivity contribution in [2.24, 2.45) is 0 Å². The first kappa shape index (κ1) is 17.9. The van der Waals surface area contributed by atoms with Crippen molar-refractivity contribution < 1.29 is 27.2 Å². The van der Waals surface area contributed by atoms with Gasteiger partial charge in [0.2, 0.25) is 0 Å². The fraction of sp³-hybridized carbons (Fsp3) is 0.222. The molecule has 0 radical (unpaired) electrons. The maximum Gasteiger partial charge on any atom is 0.257 e. The second kappa shape index (κ2) is 7.15. The summed E-state index contributed by atoms with van der Waals surface area (Å²) in [5.74, 6) is -6.29. The highest BCUT2D eigenvalue weighted by atomic mass is 19.2. The number of carbonyl (C=O) groups is 2. The van der Waals surface area contributed by atoms with E-state index >= 15 is 0 Å². The van der Waals surface area contributed by atoms with Crippen molar-refractivity contribution in [3.8, 4) is 0 Å². The number of rotatable bonds is 2. The molecule has 0 saturated carbocycles. The normalized spacial score (nSPS) is 14.5. The molecule has 4 nitrogen and oxygen atoms in total. The molecule has 26 heavy (non-hydrogen) atoms. The lowest BCUT2D eigenvalue weighted by Crippen LogP contribution is -2.50. The van der Waals surface area contributed by atoms with Crippen LogP contribution in [0.5, 0.6) is 0 Å². The van der Waals surface area contributed by atoms with Crippen LogP contribution in [-0.2, 0) is 0 Å². The average Bonchev–Trinajstić information content (AvgIpc) is 2.65. The van der Waals surface area contributed by atoms with E-state index in [1.165, 1.54) is 28.0 Å². The first-order chi connectivity index (χ1) is 12.4. The van der Waals surface area contributed by atoms with Gasteiger partial charge in [-0.25, -0.2) is 17.6 Å². The minimum Gasteiger partial charge on any atom is -0.335 e. The summed E-state index contributed by atoms with van der Waals surface area (Å²) in [6.07, 6.45) is 0. The van der Waals surface area contributed by atoms with E-state index in [2.05, 4.69) is 0 Å². The third kappa shape index (κ3) is 3.40. The van der Waals surface area contributed by atoms with Crippen molar-refractivity contribution >= 4 is 11.8 Å². The second-order valence-corrected chi connectivity index (χ2v) is 5.82. The molecule has 1 aliphatic rings. The van der Waals surface area contributed by atoms with Gasteiger partial charge in [0, 0.05) is 31.7 Å². The predicted octanol–water partition coefficient (Wildman–Crippen LogP) is 2.84. The molecule has 0 atom stereocenters. The van der Waals surface area contributed by atoms with E-state index in [0.717, 1.165) is 12.1 Å². The van der Waals surface area contributed by atoms with Gasteiger partial charge in [-0.15, -0.1) is 0 Å². The first-order valence-corrected chi connectivity index (χ1v) is 7.86. The summed E-state index contributed by atoms with van der Waals surface area (Å²) in [7, 11) is 0. The summed E-state index contributed by atoms with van der Waals surface area (Å²) in [6, 6.07) is 6.84. The quantitative estimate of drug-likeness (QED) is 0.606. The van der Waals surface area contributed by atoms with Gasteiger partial charge in [-0.05, 0) is 30.3 Å². The highest BCUT2D eigenvalue weighted by molar-refractivity contribution is 5.96. The lowest BCUT2D eigenvalue weighted by atomic mass is 10.1. The third-order valence-electron chi connectivity index (χ3n) is 4.19. The molecule has 3 rings (SSSR count). The zero-order chi connectivity index (χ0) is 18.8. The Morgan fingerprint density at radius 3 is 2.00 bits per heavy atom. The Labute approximate surface area is 146 Å². The van der Waals surface area contributed by atoms with E-state index in [9.17, 15) is 27.2 Å². The molecule has 0 bridgehead atoms. The number of carbonyl (C=O) groups excluding carboxylic acids is 2. The van der Waals surface area contributed by atoms with Crippen molar-refractivity contribution in [2.75, 3.05) is 26.2 Å². The largest absolute Gasteiger partial charge is 0.335 e. The number of nitrogens with zero attached hydrogens (tertiary/aromatic N) is 2. The third-order valence-corrected chi connectivity index (χ3v) is 4.19. The lowest BCUT2D eigenvalue weighted by Gasteiger charge is -2.35. The maximum atomic E-state index is 13.8. The minimum atomic E-state index is -1.70. The lowest BCUT2D eigenvalue weighted by molar-refractivity contribution is 0.0532. The van der Waals surface area contributed by atoms with Crippen LogP contribution in [0.15, 0.2) is 36.4 Å². The van der Waals surface area contributed by atoms with Crippen LogP contribution in [0.4, 0.5) is 17.6 Å². The van der Waals surface area contributed by atoms with Crippen molar-refractivity contribution in [1.82, 2.24) is 9.80 Å². The van der Waals surface area contributed by atoms with Crippen molar-refractivity contribution in [2.45, 2.75) is 0 Å². The number of halogens is 4. The van der Waals surface area contributed by atoms with E-state index in [1.807, 2.05) is 0 Å². The molecular weight excluding hydrogens is 352 g/mol. The van der Waals surface area contributed by atoms with Crippen molar-refractivity contribution in [3.05, 3.63) is 70.8 Å². The monoisotopic (exact) mass is 366 g/mol. The Bertz CT molecular complexity index is 864. The smallest absolute Gasteiger partial charge is 0.257 e. The van der Waals surface area contributed by atoms with Gasteiger partial charge in [0.25, 0.3) is 11.8 Å². The number of hydrogen-bond acceptors (Lipinski definition) is 2. The van der Waals surface area contributed by atoms with Crippen molar-refractivity contribution in [3.63, 3.8) is 0 Å². The van der Waals surface area contributed by atoms with E-state index in [0.29, 0.717) is 6.07 Å². The van der Waals surface area contributed by atoms with Gasteiger partial charge in [-0.3, -0.25) is 9.59 Å². The molecule has 2 amide bonds. The Balaban J connectivity index is 1.68. The fourth-order valence-corrected chi connectivity index (χ4v) is 2.78. The molecule has 1 fully saturated rings. The van der Waals surface area contributed by atoms with Crippen LogP contribution in [0.25, 0.3) is 0 Å². The Morgan fingerprint density at radius 1 is 0.769 bits per heavy atom. The van der Waals surface area contributed by atoms with Crippen LogP contribution in [0.1, 0.15) is 20.7 Å². The SMILES string of the molecule is O=C(c1cccc(F)c1)N1CCN(C(=O)c2ccc(F)c(F)c2F)CC1. The van der Waals surface area contributed by atoms with Crippen LogP contribution in [0.3, 0.4) is 0 Å². The number of hydrogen-bond donors (Lipinski definition) is 0. The van der Waals surface area contributed by atoms with Gasteiger partial charge in [0.15, 0.2) is 17.5 Å². The Morgan fingerprint density at radius 2 is 1.38 bits per heavy atom. The van der Waals surface area contributed by atoms with E-state index in [1.54, 1.807) is 0 Å². The number of benzene rings is 2. The molecule has 1 heterocycles. The molecule has 1 saturated heterocycles. The number of amides is 2. The van der Waals surface area contributed by atoms with E-state index in [4.69, 9.17) is 0 Å². The maximum absolute atomic E-state index is 13.8. The Hall–Kier alpha value is -2.90. The van der Waals surface area contributed by atoms with Crippen molar-refractivity contribution in [1.29, 1.82) is 0 Å². The van der Waals surface area contributed by atoms with Gasteiger partial charge < -0.3 is 9.80 Å². The molecule has 0 N–H and O–H groups in total. The predicted molar refractivity (Wildman–Crippen MR) is 84.5 cm³/mol. The summed E-state index contributed by atoms with van der Waals surface area (Å²) in [5, 5.41) is 0. The molecule has 2 aromatic carbocycles. The average molecular weight is 366 g/mol. The molecule has 8 heteroatoms. The highest BCUT2D eigenvalue weighted by Gasteiger charge is 2.28. The summed E-state index contributed by atoms with van der Waals surface area (Å²) in [4.78, 5) is 27.4. The minimum absolute atomic E-state index is 0.0956. The summed E-state index contributed by atoms with van der Waals surface area (Å²) >= 11 is 0. The molecule has 0 aromatic heterocycles. The van der Waals surface area contributed by atoms with Crippen LogP contribution >= 0.6 is 0 Å². The second-order valence-electron chi connectivity index (χ2n) is 5.82. The van der Waals surface area contributed by atoms with Gasteiger partial charge in [0.05, 0.1) is 5.56 Å². The Kier molecular flexibility index (Phi) is 4.92. The van der Waals surface area contributed by atoms with E-state index < -0.39 is 34.7 Å². The number of piperazine rings is 1. The molecule has 2 aromatic rings. The van der Waals surface area contributed by atoms with Crippen LogP contribution in [-0.4, -0.2) is 47.8 Å². The highest BCUT2D eigenvalue weighted by Crippen LogP contribution is 2.18. The van der Waals surface area contributed by atoms with Gasteiger partial charge in [0.1, 0.15) is 5.82 Å². The fourth-order valence-electron chi connectivity index (χ4n) is 2.78. The zero-order valence-electron chi connectivity index (χ0n) is 13.5. The standard InChI is InChI=1S/C18H14F4N2O2/c19-12-3-1-2-11(10-12)17(25)23-6-8-24(9-7-23)18(26)13-4-5-14(20)16(22)15(13)21/h1-5,10H,6-9H2. The van der Waals surface area contributed by atoms with Gasteiger partial charge in [-0.2, -0.15) is 0 Å². The molecular formula is C18H14F4N2O2. The first-order valence-electron chi connectivity index (χ1n) is 7.86. The molecule has 136 valence electrons. The van der Waals surface area contributed by atoms with Gasteiger partial charge in [-0.1, -0.05) is 6.07 Å². The zero-order valence-corrected chi connectivity index (χ0v) is 13.5. The summed E-state index contributed by atoms with van der Waals surface area (Å²) in [5.41, 5.74) is -0.370. The van der Waals surface area contributed by atoms with Crippen LogP contribution < -0.4 is 0 Å². The van der Waals surface area contributed by atoms with Crippen LogP contribution in [0, 0.1) is 23.3 Å². The topological polar surface area (TPSA) is 40.6 Å². The molecule has 0 spiro atoms. The van der Waals surface area contributed by atoms with Crippen LogP contribution in [0.2, 0.25) is 0 Å². The molecule has 1 aliphatic heterocycles. The van der Waals surface area contributed by atoms with E-state index in [-0.39, 0.29) is 37.6 Å². The molecule has 0 unspecified atom stereocenters. The molecule has 0 aliphatic carbocycles. The summed E-state index contributed by atoms with van der Waals surface area (Å²) in [6.45, 7) is 0.509. The van der Waals surface area contributed by atoms with Gasteiger partial charge >= 0.3 is 0 Å².